The minimum absolute atomic E-state index is 0.0364. The highest BCUT2D eigenvalue weighted by atomic mass is 16.6. The maximum atomic E-state index is 10.7. The SMILES string of the molecule is O=[N+]([O-])c1cccc2c1NC(CO)CO2. The van der Waals surface area contributed by atoms with Crippen LogP contribution in [0.1, 0.15) is 0 Å². The van der Waals surface area contributed by atoms with Crippen LogP contribution in [-0.4, -0.2) is 29.3 Å². The summed E-state index contributed by atoms with van der Waals surface area (Å²) in [6, 6.07) is 4.33. The zero-order valence-electron chi connectivity index (χ0n) is 7.84. The smallest absolute Gasteiger partial charge is 0.296 e. The molecule has 1 aromatic carbocycles. The average molecular weight is 210 g/mol. The molecule has 1 aliphatic rings. The number of nitrogens with one attached hydrogen (secondary N) is 1. The van der Waals surface area contributed by atoms with Crippen LogP contribution < -0.4 is 10.1 Å². The number of nitro groups is 1. The van der Waals surface area contributed by atoms with Crippen molar-refractivity contribution in [1.29, 1.82) is 0 Å². The van der Waals surface area contributed by atoms with Crippen molar-refractivity contribution in [2.24, 2.45) is 0 Å². The molecule has 15 heavy (non-hydrogen) atoms. The molecule has 6 heteroatoms. The topological polar surface area (TPSA) is 84.6 Å². The van der Waals surface area contributed by atoms with E-state index in [0.717, 1.165) is 0 Å². The number of anilines is 1. The third kappa shape index (κ3) is 1.71. The molecule has 80 valence electrons. The summed E-state index contributed by atoms with van der Waals surface area (Å²) >= 11 is 0. The molecule has 1 aromatic rings. The Hall–Kier alpha value is -1.82. The van der Waals surface area contributed by atoms with Gasteiger partial charge in [-0.05, 0) is 6.07 Å². The fourth-order valence-corrected chi connectivity index (χ4v) is 1.47. The Labute approximate surface area is 85.6 Å². The summed E-state index contributed by atoms with van der Waals surface area (Å²) in [4.78, 5) is 10.2. The Morgan fingerprint density at radius 3 is 3.13 bits per heavy atom. The Morgan fingerprint density at radius 1 is 1.67 bits per heavy atom. The van der Waals surface area contributed by atoms with E-state index in [1.807, 2.05) is 0 Å². The van der Waals surface area contributed by atoms with Crippen molar-refractivity contribution >= 4 is 11.4 Å². The van der Waals surface area contributed by atoms with Crippen LogP contribution in [0.25, 0.3) is 0 Å². The minimum atomic E-state index is -0.477. The molecule has 0 aliphatic carbocycles. The van der Waals surface area contributed by atoms with E-state index in [-0.39, 0.29) is 18.3 Å². The number of ether oxygens (including phenoxy) is 1. The van der Waals surface area contributed by atoms with Gasteiger partial charge in [-0.1, -0.05) is 6.07 Å². The lowest BCUT2D eigenvalue weighted by Crippen LogP contribution is -2.34. The monoisotopic (exact) mass is 210 g/mol. The first-order valence-electron chi connectivity index (χ1n) is 4.50. The molecule has 0 radical (unpaired) electrons. The third-order valence-electron chi connectivity index (χ3n) is 2.21. The van der Waals surface area contributed by atoms with Gasteiger partial charge < -0.3 is 15.2 Å². The average Bonchev–Trinajstić information content (AvgIpc) is 2.27. The van der Waals surface area contributed by atoms with Gasteiger partial charge in [0.05, 0.1) is 17.6 Å². The Balaban J connectivity index is 2.40. The summed E-state index contributed by atoms with van der Waals surface area (Å²) in [7, 11) is 0. The normalized spacial score (nSPS) is 18.6. The Morgan fingerprint density at radius 2 is 2.47 bits per heavy atom. The number of hydrogen-bond donors (Lipinski definition) is 2. The van der Waals surface area contributed by atoms with Crippen molar-refractivity contribution in [2.75, 3.05) is 18.5 Å². The van der Waals surface area contributed by atoms with Crippen LogP contribution in [0.4, 0.5) is 11.4 Å². The van der Waals surface area contributed by atoms with Crippen molar-refractivity contribution in [3.63, 3.8) is 0 Å². The number of benzene rings is 1. The van der Waals surface area contributed by atoms with Crippen LogP contribution in [-0.2, 0) is 0 Å². The lowest BCUT2D eigenvalue weighted by molar-refractivity contribution is -0.384. The standard InChI is InChI=1S/C9H10N2O4/c12-4-6-5-15-8-3-1-2-7(11(13)14)9(8)10-6/h1-3,6,10,12H,4-5H2. The van der Waals surface area contributed by atoms with Crippen molar-refractivity contribution in [3.8, 4) is 5.75 Å². The largest absolute Gasteiger partial charge is 0.489 e. The number of nitro benzene ring substituents is 1. The predicted molar refractivity (Wildman–Crippen MR) is 53.1 cm³/mol. The Bertz CT molecular complexity index is 394. The summed E-state index contributed by atoms with van der Waals surface area (Å²) in [5.41, 5.74) is 0.304. The molecule has 1 atom stereocenters. The molecular weight excluding hydrogens is 200 g/mol. The van der Waals surface area contributed by atoms with Crippen LogP contribution in [0.15, 0.2) is 18.2 Å². The maximum absolute atomic E-state index is 10.7. The summed E-state index contributed by atoms with van der Waals surface area (Å²) in [6.07, 6.45) is 0. The second-order valence-corrected chi connectivity index (χ2v) is 3.24. The van der Waals surface area contributed by atoms with Gasteiger partial charge in [-0.15, -0.1) is 0 Å². The first-order valence-corrected chi connectivity index (χ1v) is 4.50. The zero-order valence-corrected chi connectivity index (χ0v) is 7.84. The minimum Gasteiger partial charge on any atom is -0.489 e. The summed E-state index contributed by atoms with van der Waals surface area (Å²) < 4.78 is 5.29. The fraction of sp³-hybridized carbons (Fsp3) is 0.333. The van der Waals surface area contributed by atoms with Gasteiger partial charge >= 0.3 is 0 Å². The molecule has 1 aliphatic heterocycles. The van der Waals surface area contributed by atoms with Crippen molar-refractivity contribution in [1.82, 2.24) is 0 Å². The molecule has 0 spiro atoms. The van der Waals surface area contributed by atoms with Crippen molar-refractivity contribution in [3.05, 3.63) is 28.3 Å². The molecular formula is C9H10N2O4. The van der Waals surface area contributed by atoms with Gasteiger partial charge in [0.15, 0.2) is 5.69 Å². The number of hydrogen-bond acceptors (Lipinski definition) is 5. The van der Waals surface area contributed by atoms with Gasteiger partial charge in [0.2, 0.25) is 0 Å². The van der Waals surface area contributed by atoms with E-state index >= 15 is 0 Å². The zero-order chi connectivity index (χ0) is 10.8. The molecule has 1 heterocycles. The molecule has 0 saturated heterocycles. The van der Waals surface area contributed by atoms with Crippen LogP contribution >= 0.6 is 0 Å². The summed E-state index contributed by atoms with van der Waals surface area (Å²) in [5.74, 6) is 0.453. The van der Waals surface area contributed by atoms with Crippen LogP contribution in [0.2, 0.25) is 0 Å². The lowest BCUT2D eigenvalue weighted by atomic mass is 10.2. The highest BCUT2D eigenvalue weighted by molar-refractivity contribution is 5.71. The quantitative estimate of drug-likeness (QED) is 0.556. The fourth-order valence-electron chi connectivity index (χ4n) is 1.47. The molecule has 0 amide bonds. The van der Waals surface area contributed by atoms with E-state index in [1.165, 1.54) is 6.07 Å². The van der Waals surface area contributed by atoms with Crippen molar-refractivity contribution in [2.45, 2.75) is 6.04 Å². The van der Waals surface area contributed by atoms with Crippen molar-refractivity contribution < 1.29 is 14.8 Å². The lowest BCUT2D eigenvalue weighted by Gasteiger charge is -2.25. The van der Waals surface area contributed by atoms with Gasteiger partial charge in [0.1, 0.15) is 12.4 Å². The molecule has 0 bridgehead atoms. The van der Waals surface area contributed by atoms with E-state index in [9.17, 15) is 10.1 Å². The first kappa shape index (κ1) is 9.72. The van der Waals surface area contributed by atoms with Crippen LogP contribution in [0.3, 0.4) is 0 Å². The van der Waals surface area contributed by atoms with Crippen LogP contribution in [0.5, 0.6) is 5.75 Å². The molecule has 2 rings (SSSR count). The highest BCUT2D eigenvalue weighted by Gasteiger charge is 2.25. The van der Waals surface area contributed by atoms with E-state index in [1.54, 1.807) is 12.1 Å². The molecule has 0 fully saturated rings. The maximum Gasteiger partial charge on any atom is 0.296 e. The number of nitrogens with zero attached hydrogens (tertiary/aromatic N) is 1. The number of para-hydroxylation sites is 1. The number of rotatable bonds is 2. The van der Waals surface area contributed by atoms with E-state index < -0.39 is 4.92 Å². The second-order valence-electron chi connectivity index (χ2n) is 3.24. The second kappa shape index (κ2) is 3.74. The highest BCUT2D eigenvalue weighted by Crippen LogP contribution is 2.36. The Kier molecular flexibility index (Phi) is 2.42. The summed E-state index contributed by atoms with van der Waals surface area (Å²) in [6.45, 7) is 0.191. The van der Waals surface area contributed by atoms with Gasteiger partial charge in [-0.2, -0.15) is 0 Å². The van der Waals surface area contributed by atoms with E-state index in [0.29, 0.717) is 18.0 Å². The molecule has 0 aromatic heterocycles. The summed E-state index contributed by atoms with van der Waals surface area (Å²) in [5, 5.41) is 22.5. The predicted octanol–water partition coefficient (Wildman–Crippen LogP) is 0.760. The number of aliphatic hydroxyl groups excluding tert-OH is 1. The van der Waals surface area contributed by atoms with Gasteiger partial charge in [-0.25, -0.2) is 0 Å². The van der Waals surface area contributed by atoms with Gasteiger partial charge in [0, 0.05) is 6.07 Å². The van der Waals surface area contributed by atoms with Crippen LogP contribution in [0, 0.1) is 10.1 Å². The van der Waals surface area contributed by atoms with Gasteiger partial charge in [-0.3, -0.25) is 10.1 Å². The number of fused-ring (bicyclic) bond motifs is 1. The third-order valence-corrected chi connectivity index (χ3v) is 2.21. The van der Waals surface area contributed by atoms with Gasteiger partial charge in [0.25, 0.3) is 5.69 Å². The van der Waals surface area contributed by atoms with E-state index in [2.05, 4.69) is 5.32 Å². The van der Waals surface area contributed by atoms with E-state index in [4.69, 9.17) is 9.84 Å². The molecule has 0 saturated carbocycles. The first-order chi connectivity index (χ1) is 7.22. The molecule has 6 nitrogen and oxygen atoms in total. The molecule has 2 N–H and O–H groups in total. The molecule has 1 unspecified atom stereocenters. The number of aliphatic hydroxyl groups is 1.